The number of esters is 1. The molecule has 11 heteroatoms. The molecule has 1 aliphatic carbocycles. The molecule has 0 bridgehead atoms. The Bertz CT molecular complexity index is 1290. The number of imidazole rings is 1. The van der Waals surface area contributed by atoms with Crippen molar-refractivity contribution in [3.8, 4) is 10.4 Å². The fourth-order valence-electron chi connectivity index (χ4n) is 5.53. The Morgan fingerprint density at radius 3 is 2.67 bits per heavy atom. The van der Waals surface area contributed by atoms with Gasteiger partial charge in [-0.3, -0.25) is 10.1 Å². The van der Waals surface area contributed by atoms with Gasteiger partial charge in [0.15, 0.2) is 5.56 Å². The van der Waals surface area contributed by atoms with Crippen LogP contribution in [-0.2, 0) is 4.74 Å². The zero-order chi connectivity index (χ0) is 25.4. The second-order valence-electron chi connectivity index (χ2n) is 9.84. The summed E-state index contributed by atoms with van der Waals surface area (Å²) in [6, 6.07) is 6.05. The molecule has 0 spiro atoms. The fraction of sp³-hybridized carbons (Fsp3) is 0.520. The van der Waals surface area contributed by atoms with Crippen LogP contribution in [0.25, 0.3) is 21.5 Å². The SMILES string of the molecule is COC(=O)c1c(N2CCC(CO)(CO)C2)sc(-c2ccc3c(c2)ncn3C2CCCCC2)c1[N+](=O)[O-]. The summed E-state index contributed by atoms with van der Waals surface area (Å²) in [4.78, 5) is 31.3. The predicted octanol–water partition coefficient (Wildman–Crippen LogP) is 4.15. The lowest BCUT2D eigenvalue weighted by atomic mass is 9.89. The van der Waals surface area contributed by atoms with Crippen molar-refractivity contribution in [3.63, 3.8) is 0 Å². The normalized spacial score (nSPS) is 18.1. The summed E-state index contributed by atoms with van der Waals surface area (Å²) in [5.74, 6) is -0.785. The summed E-state index contributed by atoms with van der Waals surface area (Å²) in [5, 5.41) is 32.4. The Labute approximate surface area is 212 Å². The Hall–Kier alpha value is -3.02. The molecule has 0 amide bonds. The standard InChI is InChI=1S/C25H30N4O6S/c1-35-24(32)20-21(29(33)34)22(36-23(20)27-10-9-25(12-27,13-30)14-31)16-7-8-19-18(11-16)26-15-28(19)17-5-3-2-4-6-17/h7-8,11,15,17,30-31H,2-6,9-10,12-14H2,1H3. The highest BCUT2D eigenvalue weighted by Gasteiger charge is 2.42. The maximum absolute atomic E-state index is 12.8. The van der Waals surface area contributed by atoms with Crippen LogP contribution in [0.2, 0.25) is 0 Å². The molecule has 2 aromatic heterocycles. The van der Waals surface area contributed by atoms with Crippen LogP contribution in [0.3, 0.4) is 0 Å². The number of nitro groups is 1. The van der Waals surface area contributed by atoms with Gasteiger partial charge in [0, 0.05) is 30.1 Å². The molecule has 1 aliphatic heterocycles. The number of anilines is 1. The molecule has 3 aromatic rings. The predicted molar refractivity (Wildman–Crippen MR) is 137 cm³/mol. The van der Waals surface area contributed by atoms with E-state index in [1.807, 2.05) is 29.4 Å². The average molecular weight is 515 g/mol. The van der Waals surface area contributed by atoms with E-state index < -0.39 is 16.3 Å². The quantitative estimate of drug-likeness (QED) is 0.273. The number of methoxy groups -OCH3 is 1. The van der Waals surface area contributed by atoms with Crippen molar-refractivity contribution in [2.75, 3.05) is 38.3 Å². The van der Waals surface area contributed by atoms with Gasteiger partial charge in [-0.2, -0.15) is 0 Å². The first-order chi connectivity index (χ1) is 17.4. The zero-order valence-corrected chi connectivity index (χ0v) is 21.0. The maximum Gasteiger partial charge on any atom is 0.347 e. The number of aliphatic hydroxyl groups excluding tert-OH is 2. The molecular weight excluding hydrogens is 484 g/mol. The topological polar surface area (TPSA) is 131 Å². The van der Waals surface area contributed by atoms with Gasteiger partial charge in [-0.25, -0.2) is 9.78 Å². The van der Waals surface area contributed by atoms with Crippen molar-refractivity contribution in [3.05, 3.63) is 40.2 Å². The van der Waals surface area contributed by atoms with Crippen LogP contribution < -0.4 is 4.90 Å². The summed E-state index contributed by atoms with van der Waals surface area (Å²) in [6.07, 6.45) is 8.26. The average Bonchev–Trinajstić information content (AvgIpc) is 3.63. The third kappa shape index (κ3) is 4.14. The van der Waals surface area contributed by atoms with E-state index in [4.69, 9.17) is 4.74 Å². The van der Waals surface area contributed by atoms with E-state index in [1.54, 1.807) is 0 Å². The molecule has 5 rings (SSSR count). The number of hydrogen-bond acceptors (Lipinski definition) is 9. The number of hydrogen-bond donors (Lipinski definition) is 2. The van der Waals surface area contributed by atoms with Crippen molar-refractivity contribution >= 4 is 39.0 Å². The second-order valence-corrected chi connectivity index (χ2v) is 10.8. The highest BCUT2D eigenvalue weighted by atomic mass is 32.1. The zero-order valence-electron chi connectivity index (χ0n) is 20.2. The van der Waals surface area contributed by atoms with Crippen LogP contribution in [0.4, 0.5) is 10.7 Å². The molecule has 1 saturated carbocycles. The van der Waals surface area contributed by atoms with Crippen LogP contribution in [0.5, 0.6) is 0 Å². The second kappa shape index (κ2) is 9.79. The van der Waals surface area contributed by atoms with Crippen LogP contribution in [0.15, 0.2) is 24.5 Å². The molecule has 0 unspecified atom stereocenters. The number of thiophene rings is 1. The Morgan fingerprint density at radius 2 is 2.03 bits per heavy atom. The van der Waals surface area contributed by atoms with Gasteiger partial charge in [0.1, 0.15) is 9.88 Å². The van der Waals surface area contributed by atoms with Gasteiger partial charge in [0.25, 0.3) is 0 Å². The summed E-state index contributed by atoms with van der Waals surface area (Å²) in [5.41, 5.74) is 1.24. The van der Waals surface area contributed by atoms with E-state index in [-0.39, 0.29) is 31.0 Å². The van der Waals surface area contributed by atoms with E-state index in [2.05, 4.69) is 9.55 Å². The molecule has 2 fully saturated rings. The van der Waals surface area contributed by atoms with E-state index in [0.717, 1.165) is 35.2 Å². The molecule has 1 saturated heterocycles. The van der Waals surface area contributed by atoms with E-state index in [9.17, 15) is 25.1 Å². The summed E-state index contributed by atoms with van der Waals surface area (Å²) < 4.78 is 7.15. The summed E-state index contributed by atoms with van der Waals surface area (Å²) in [6.45, 7) is 0.307. The minimum absolute atomic E-state index is 0.0954. The third-order valence-electron chi connectivity index (χ3n) is 7.64. The number of aromatic nitrogens is 2. The number of carbonyl (C=O) groups is 1. The van der Waals surface area contributed by atoms with E-state index in [1.165, 1.54) is 26.4 Å². The van der Waals surface area contributed by atoms with Crippen molar-refractivity contribution < 1.29 is 24.7 Å². The number of carbonyl (C=O) groups excluding carboxylic acids is 1. The molecule has 36 heavy (non-hydrogen) atoms. The van der Waals surface area contributed by atoms with Crippen molar-refractivity contribution in [1.29, 1.82) is 0 Å². The lowest BCUT2D eigenvalue weighted by Gasteiger charge is -2.24. The lowest BCUT2D eigenvalue weighted by Crippen LogP contribution is -2.33. The van der Waals surface area contributed by atoms with Crippen LogP contribution in [0, 0.1) is 15.5 Å². The molecule has 1 aromatic carbocycles. The van der Waals surface area contributed by atoms with Crippen LogP contribution in [-0.4, -0.2) is 64.1 Å². The van der Waals surface area contributed by atoms with E-state index in [0.29, 0.717) is 34.4 Å². The van der Waals surface area contributed by atoms with Gasteiger partial charge in [0.05, 0.1) is 42.6 Å². The Balaban J connectivity index is 1.60. The molecule has 2 aliphatic rings. The molecular formula is C25H30N4O6S. The Kier molecular flexibility index (Phi) is 6.71. The number of benzene rings is 1. The minimum Gasteiger partial charge on any atom is -0.465 e. The van der Waals surface area contributed by atoms with Gasteiger partial charge >= 0.3 is 11.7 Å². The van der Waals surface area contributed by atoms with Gasteiger partial charge in [-0.1, -0.05) is 25.3 Å². The number of nitrogens with zero attached hydrogens (tertiary/aromatic N) is 4. The van der Waals surface area contributed by atoms with Gasteiger partial charge in [-0.15, -0.1) is 11.3 Å². The minimum atomic E-state index is -0.785. The third-order valence-corrected chi connectivity index (χ3v) is 8.93. The number of fused-ring (bicyclic) bond motifs is 1. The highest BCUT2D eigenvalue weighted by molar-refractivity contribution is 7.20. The van der Waals surface area contributed by atoms with Crippen molar-refractivity contribution in [2.24, 2.45) is 5.41 Å². The van der Waals surface area contributed by atoms with Crippen molar-refractivity contribution in [2.45, 2.75) is 44.6 Å². The molecule has 10 nitrogen and oxygen atoms in total. The smallest absolute Gasteiger partial charge is 0.347 e. The number of aliphatic hydroxyl groups is 2. The van der Waals surface area contributed by atoms with Crippen molar-refractivity contribution in [1.82, 2.24) is 9.55 Å². The summed E-state index contributed by atoms with van der Waals surface area (Å²) >= 11 is 1.16. The number of ether oxygens (including phenoxy) is 1. The lowest BCUT2D eigenvalue weighted by molar-refractivity contribution is -0.384. The van der Waals surface area contributed by atoms with Gasteiger partial charge in [0.2, 0.25) is 0 Å². The molecule has 3 heterocycles. The first-order valence-electron chi connectivity index (χ1n) is 12.2. The first-order valence-corrected chi connectivity index (χ1v) is 13.1. The van der Waals surface area contributed by atoms with Gasteiger partial charge in [-0.05, 0) is 31.4 Å². The monoisotopic (exact) mass is 514 g/mol. The molecule has 2 N–H and O–H groups in total. The Morgan fingerprint density at radius 1 is 1.28 bits per heavy atom. The molecule has 0 radical (unpaired) electrons. The maximum atomic E-state index is 12.8. The van der Waals surface area contributed by atoms with Crippen LogP contribution in [0.1, 0.15) is 54.9 Å². The fourth-order valence-corrected chi connectivity index (χ4v) is 6.81. The van der Waals surface area contributed by atoms with Gasteiger partial charge < -0.3 is 24.4 Å². The first kappa shape index (κ1) is 24.7. The largest absolute Gasteiger partial charge is 0.465 e. The molecule has 0 atom stereocenters. The van der Waals surface area contributed by atoms with E-state index >= 15 is 0 Å². The molecule has 192 valence electrons. The summed E-state index contributed by atoms with van der Waals surface area (Å²) in [7, 11) is 1.20. The van der Waals surface area contributed by atoms with Crippen LogP contribution >= 0.6 is 11.3 Å². The number of rotatable bonds is 7. The highest BCUT2D eigenvalue weighted by Crippen LogP contribution is 2.49.